The number of nitrogens with one attached hydrogen (secondary N) is 1. The number of aryl methyl sites for hydroxylation is 3. The van der Waals surface area contributed by atoms with Crippen molar-refractivity contribution in [1.82, 2.24) is 0 Å². The van der Waals surface area contributed by atoms with Crippen LogP contribution in [-0.2, 0) is 17.6 Å². The van der Waals surface area contributed by atoms with Crippen LogP contribution >= 0.6 is 31.9 Å². The van der Waals surface area contributed by atoms with Crippen molar-refractivity contribution in [2.45, 2.75) is 26.2 Å². The predicted octanol–water partition coefficient (Wildman–Crippen LogP) is 5.03. The van der Waals surface area contributed by atoms with Gasteiger partial charge in [0.25, 0.3) is 5.91 Å². The molecule has 1 aliphatic carbocycles. The molecule has 5 heteroatoms. The molecule has 23 heavy (non-hydrogen) atoms. The lowest BCUT2D eigenvalue weighted by Gasteiger charge is -2.12. The number of carbonyl (C=O) groups is 1. The molecule has 2 aromatic carbocycles. The summed E-state index contributed by atoms with van der Waals surface area (Å²) in [6.45, 7) is 1.99. The van der Waals surface area contributed by atoms with Crippen molar-refractivity contribution in [2.75, 3.05) is 11.9 Å². The van der Waals surface area contributed by atoms with Gasteiger partial charge in [-0.15, -0.1) is 0 Å². The number of halogens is 2. The highest BCUT2D eigenvalue weighted by atomic mass is 79.9. The summed E-state index contributed by atoms with van der Waals surface area (Å²) in [4.78, 5) is 12.1. The molecule has 0 saturated carbocycles. The molecule has 120 valence electrons. The van der Waals surface area contributed by atoms with Gasteiger partial charge >= 0.3 is 0 Å². The van der Waals surface area contributed by atoms with Crippen molar-refractivity contribution in [3.63, 3.8) is 0 Å². The van der Waals surface area contributed by atoms with E-state index in [1.165, 1.54) is 17.5 Å². The molecule has 0 unspecified atom stereocenters. The molecule has 0 atom stereocenters. The van der Waals surface area contributed by atoms with Crippen LogP contribution in [0.25, 0.3) is 0 Å². The molecule has 0 radical (unpaired) electrons. The maximum atomic E-state index is 12.1. The molecule has 2 aromatic rings. The van der Waals surface area contributed by atoms with Crippen LogP contribution in [0, 0.1) is 6.92 Å². The third kappa shape index (κ3) is 3.96. The van der Waals surface area contributed by atoms with Gasteiger partial charge in [-0.2, -0.15) is 0 Å². The van der Waals surface area contributed by atoms with Gasteiger partial charge in [-0.1, -0.05) is 6.07 Å². The van der Waals surface area contributed by atoms with Crippen molar-refractivity contribution >= 4 is 43.5 Å². The number of benzene rings is 2. The molecule has 1 aliphatic rings. The minimum atomic E-state index is -0.184. The summed E-state index contributed by atoms with van der Waals surface area (Å²) in [6.07, 6.45) is 3.45. The summed E-state index contributed by atoms with van der Waals surface area (Å²) in [5.41, 5.74) is 4.57. The van der Waals surface area contributed by atoms with Gasteiger partial charge in [0.05, 0.1) is 5.69 Å². The number of amides is 1. The largest absolute Gasteiger partial charge is 0.484 e. The molecule has 0 fully saturated rings. The maximum absolute atomic E-state index is 12.1. The fourth-order valence-electron chi connectivity index (χ4n) is 2.78. The van der Waals surface area contributed by atoms with E-state index in [1.54, 1.807) is 0 Å². The molecule has 0 bridgehead atoms. The summed E-state index contributed by atoms with van der Waals surface area (Å²) in [6, 6.07) is 10.0. The number of anilines is 1. The Morgan fingerprint density at radius 1 is 1.13 bits per heavy atom. The zero-order chi connectivity index (χ0) is 16.4. The van der Waals surface area contributed by atoms with Gasteiger partial charge in [0.2, 0.25) is 0 Å². The van der Waals surface area contributed by atoms with Crippen molar-refractivity contribution in [3.8, 4) is 5.75 Å². The minimum Gasteiger partial charge on any atom is -0.484 e. The van der Waals surface area contributed by atoms with Crippen LogP contribution < -0.4 is 10.1 Å². The van der Waals surface area contributed by atoms with Gasteiger partial charge < -0.3 is 10.1 Å². The first-order valence-corrected chi connectivity index (χ1v) is 9.11. The number of rotatable bonds is 4. The molecule has 0 aliphatic heterocycles. The molecular weight excluding hydrogens is 422 g/mol. The Hall–Kier alpha value is -1.33. The second-order valence-corrected chi connectivity index (χ2v) is 7.43. The first kappa shape index (κ1) is 16.5. The molecule has 3 nitrogen and oxygen atoms in total. The minimum absolute atomic E-state index is 0.00839. The quantitative estimate of drug-likeness (QED) is 0.727. The lowest BCUT2D eigenvalue weighted by Crippen LogP contribution is -2.20. The molecular formula is C18H17Br2NO2. The lowest BCUT2D eigenvalue weighted by molar-refractivity contribution is -0.118. The fraction of sp³-hybridized carbons (Fsp3) is 0.278. The first-order valence-electron chi connectivity index (χ1n) is 7.53. The van der Waals surface area contributed by atoms with Crippen molar-refractivity contribution < 1.29 is 9.53 Å². The van der Waals surface area contributed by atoms with E-state index in [1.807, 2.05) is 31.2 Å². The summed E-state index contributed by atoms with van der Waals surface area (Å²) in [7, 11) is 0. The highest BCUT2D eigenvalue weighted by Gasteiger charge is 2.13. The fourth-order valence-corrected chi connectivity index (χ4v) is 4.40. The average molecular weight is 439 g/mol. The summed E-state index contributed by atoms with van der Waals surface area (Å²) >= 11 is 6.94. The molecule has 3 rings (SSSR count). The zero-order valence-corrected chi connectivity index (χ0v) is 16.0. The van der Waals surface area contributed by atoms with Gasteiger partial charge in [-0.25, -0.2) is 0 Å². The normalized spacial score (nSPS) is 12.8. The van der Waals surface area contributed by atoms with Gasteiger partial charge in [-0.05, 0) is 99.0 Å². The van der Waals surface area contributed by atoms with Gasteiger partial charge in [0.1, 0.15) is 5.75 Å². The number of ether oxygens (including phenoxy) is 1. The molecule has 0 heterocycles. The van der Waals surface area contributed by atoms with E-state index in [-0.39, 0.29) is 12.5 Å². The van der Waals surface area contributed by atoms with Crippen LogP contribution in [0.3, 0.4) is 0 Å². The molecule has 1 amide bonds. The van der Waals surface area contributed by atoms with E-state index in [9.17, 15) is 4.79 Å². The number of hydrogen-bond donors (Lipinski definition) is 1. The molecule has 1 N–H and O–H groups in total. The highest BCUT2D eigenvalue weighted by Crippen LogP contribution is 2.32. The lowest BCUT2D eigenvalue weighted by atomic mass is 10.1. The Balaban J connectivity index is 1.62. The van der Waals surface area contributed by atoms with Gasteiger partial charge in [0, 0.05) is 8.95 Å². The number of carbonyl (C=O) groups excluding carboxylic acids is 1. The van der Waals surface area contributed by atoms with Crippen molar-refractivity contribution in [1.29, 1.82) is 0 Å². The highest BCUT2D eigenvalue weighted by molar-refractivity contribution is 9.11. The number of hydrogen-bond acceptors (Lipinski definition) is 2. The Bertz CT molecular complexity index is 736. The van der Waals surface area contributed by atoms with Crippen LogP contribution in [0.2, 0.25) is 0 Å². The second-order valence-electron chi connectivity index (χ2n) is 5.72. The summed E-state index contributed by atoms with van der Waals surface area (Å²) < 4.78 is 7.31. The monoisotopic (exact) mass is 437 g/mol. The molecule has 0 saturated heterocycles. The molecule has 0 aromatic heterocycles. The summed E-state index contributed by atoms with van der Waals surface area (Å²) in [5, 5.41) is 2.87. The Morgan fingerprint density at radius 3 is 2.57 bits per heavy atom. The first-order chi connectivity index (χ1) is 11.0. The van der Waals surface area contributed by atoms with E-state index in [4.69, 9.17) is 4.74 Å². The molecule has 0 spiro atoms. The Labute approximate surface area is 152 Å². The van der Waals surface area contributed by atoms with Gasteiger partial charge in [0.15, 0.2) is 6.61 Å². The standard InChI is InChI=1S/C18H17Br2NO2/c1-11-7-15(19)18(16(20)8-11)21-17(22)10-23-14-6-5-12-3-2-4-13(12)9-14/h5-9H,2-4,10H2,1H3,(H,21,22). The van der Waals surface area contributed by atoms with E-state index < -0.39 is 0 Å². The van der Waals surface area contributed by atoms with Crippen LogP contribution in [0.15, 0.2) is 39.3 Å². The maximum Gasteiger partial charge on any atom is 0.262 e. The predicted molar refractivity (Wildman–Crippen MR) is 99.2 cm³/mol. The van der Waals surface area contributed by atoms with E-state index in [0.29, 0.717) is 0 Å². The van der Waals surface area contributed by atoms with E-state index >= 15 is 0 Å². The van der Waals surface area contributed by atoms with Crippen LogP contribution in [0.1, 0.15) is 23.1 Å². The van der Waals surface area contributed by atoms with Crippen molar-refractivity contribution in [3.05, 3.63) is 56.0 Å². The average Bonchev–Trinajstić information content (AvgIpc) is 2.96. The topological polar surface area (TPSA) is 38.3 Å². The SMILES string of the molecule is Cc1cc(Br)c(NC(=O)COc2ccc3c(c2)CCC3)c(Br)c1. The Morgan fingerprint density at radius 2 is 1.83 bits per heavy atom. The van der Waals surface area contributed by atoms with E-state index in [0.717, 1.165) is 38.8 Å². The smallest absolute Gasteiger partial charge is 0.262 e. The van der Waals surface area contributed by atoms with Crippen LogP contribution in [0.5, 0.6) is 5.75 Å². The number of fused-ring (bicyclic) bond motifs is 1. The van der Waals surface area contributed by atoms with Crippen LogP contribution in [0.4, 0.5) is 5.69 Å². The Kier molecular flexibility index (Phi) is 5.07. The zero-order valence-electron chi connectivity index (χ0n) is 12.8. The third-order valence-corrected chi connectivity index (χ3v) is 5.14. The summed E-state index contributed by atoms with van der Waals surface area (Å²) in [5.74, 6) is 0.568. The third-order valence-electron chi connectivity index (χ3n) is 3.89. The van der Waals surface area contributed by atoms with Crippen molar-refractivity contribution in [2.24, 2.45) is 0 Å². The second kappa shape index (κ2) is 7.05. The van der Waals surface area contributed by atoms with E-state index in [2.05, 4.69) is 43.2 Å². The van der Waals surface area contributed by atoms with Gasteiger partial charge in [-0.3, -0.25) is 4.79 Å². The van der Waals surface area contributed by atoms with Crippen LogP contribution in [-0.4, -0.2) is 12.5 Å².